The number of carbonyl (C=O) groups is 13. The van der Waals surface area contributed by atoms with E-state index in [9.17, 15) is 87.9 Å². The van der Waals surface area contributed by atoms with E-state index in [0.29, 0.717) is 44.9 Å². The van der Waals surface area contributed by atoms with Crippen LogP contribution < -0.4 is 70.4 Å². The average molecular weight is 1280 g/mol. The first-order valence-electron chi connectivity index (χ1n) is 31.7. The van der Waals surface area contributed by atoms with Crippen molar-refractivity contribution in [1.29, 1.82) is 0 Å². The highest BCUT2D eigenvalue weighted by molar-refractivity contribution is 6.00. The normalized spacial score (nSPS) is 23.8. The minimum Gasteiger partial charge on any atom is -0.393 e. The second kappa shape index (κ2) is 45.2. The van der Waals surface area contributed by atoms with E-state index in [2.05, 4.69) is 67.0 Å². The van der Waals surface area contributed by atoms with E-state index < -0.39 is 188 Å². The van der Waals surface area contributed by atoms with Crippen LogP contribution in [0.15, 0.2) is 0 Å². The van der Waals surface area contributed by atoms with E-state index >= 15 is 0 Å². The summed E-state index contributed by atoms with van der Waals surface area (Å²) in [5, 5.41) is 76.5. The molecule has 90 heavy (non-hydrogen) atoms. The Kier molecular flexibility index (Phi) is 40.6. The Hall–Kier alpha value is -7.09. The first-order chi connectivity index (χ1) is 42.5. The molecule has 13 atom stereocenters. The van der Waals surface area contributed by atoms with Gasteiger partial charge in [-0.15, -0.1) is 0 Å². The fourth-order valence-electron chi connectivity index (χ4n) is 9.70. The molecule has 13 amide bonds. The number of primary amides is 3. The third-order valence-electron chi connectivity index (χ3n) is 15.1. The molecule has 0 aromatic heterocycles. The molecule has 21 N–H and O–H groups in total. The minimum absolute atomic E-state index is 0.0169. The summed E-state index contributed by atoms with van der Waals surface area (Å²) in [6.45, 7) is 6.31. The minimum atomic E-state index is -2.15. The molecule has 514 valence electrons. The summed E-state index contributed by atoms with van der Waals surface area (Å²) in [6, 6.07) is -14.4. The van der Waals surface area contributed by atoms with Crippen LogP contribution in [-0.4, -0.2) is 194 Å². The molecule has 1 rings (SSSR count). The smallest absolute Gasteiger partial charge is 0.246 e. The Balaban J connectivity index is 3.78. The van der Waals surface area contributed by atoms with Crippen LogP contribution in [-0.2, 0) is 62.3 Å². The zero-order valence-electron chi connectivity index (χ0n) is 53.1. The molecule has 1 heterocycles. The van der Waals surface area contributed by atoms with Gasteiger partial charge in [-0.25, -0.2) is 0 Å². The fraction of sp³-hybridized carbons (Fsp3) is 0.780. The van der Waals surface area contributed by atoms with Crippen molar-refractivity contribution in [2.45, 2.75) is 280 Å². The van der Waals surface area contributed by atoms with Gasteiger partial charge < -0.3 is 95.9 Å². The third-order valence-corrected chi connectivity index (χ3v) is 15.1. The van der Waals surface area contributed by atoms with Gasteiger partial charge in [-0.05, 0) is 59.3 Å². The Morgan fingerprint density at radius 1 is 0.433 bits per heavy atom. The topological polar surface area (TPSA) is 521 Å². The predicted octanol–water partition coefficient (Wildman–Crippen LogP) is -3.39. The van der Waals surface area contributed by atoms with Gasteiger partial charge in [0.15, 0.2) is 0 Å². The number of aliphatic hydroxyl groups is 5. The van der Waals surface area contributed by atoms with Crippen molar-refractivity contribution in [3.63, 3.8) is 0 Å². The van der Waals surface area contributed by atoms with Crippen molar-refractivity contribution in [1.82, 2.24) is 53.2 Å². The van der Waals surface area contributed by atoms with Crippen LogP contribution in [0.4, 0.5) is 0 Å². The standard InChI is InChI=1S/C59H105N13O18/c1-6-8-10-12-13-15-20-24-38(76)26-27-40-53(84)64-33-48(81)63-29-28-47(80)66-39(25-21-17-14-16-19-23-37(75)22-18-11-9-7-2)54(85)69-43(32-46(61)79)56(87)70-42(31-45(60)78)55(86)65-34(3)52(83)68-41(30-44(77)51(62)82)57(88)71-50(36(5)74)59(90)72-49(35(4)73)58(89)67-40/h34-44,49-50,73-77H,6-33H2,1-5H3,(H2,60,78)(H2,61,79)(H2,62,82)(H,63,81)(H,64,84)(H,65,86)(H,66,80)(H,67,89)(H,68,83)(H,69,85)(H,70,87)(H,71,88)(H,72,90)/t34-,35+,36+,37?,38?,39?,40?,41?,42-,43-,44?,49?,50-/m0/s1. The van der Waals surface area contributed by atoms with Crippen LogP contribution in [0.25, 0.3) is 0 Å². The second-order valence-corrected chi connectivity index (χ2v) is 23.4. The average Bonchev–Trinajstić information content (AvgIpc) is 2.80. The van der Waals surface area contributed by atoms with Crippen molar-refractivity contribution in [3.05, 3.63) is 0 Å². The molecule has 0 saturated carbocycles. The number of nitrogens with two attached hydrogens (primary N) is 3. The Morgan fingerprint density at radius 3 is 1.33 bits per heavy atom. The largest absolute Gasteiger partial charge is 0.393 e. The quantitative estimate of drug-likeness (QED) is 0.0285. The van der Waals surface area contributed by atoms with Gasteiger partial charge in [0.1, 0.15) is 54.4 Å². The Morgan fingerprint density at radius 2 is 0.833 bits per heavy atom. The van der Waals surface area contributed by atoms with Gasteiger partial charge in [-0.3, -0.25) is 62.3 Å². The third kappa shape index (κ3) is 34.8. The van der Waals surface area contributed by atoms with Crippen LogP contribution in [0.1, 0.15) is 202 Å². The number of nitrogens with one attached hydrogen (secondary N) is 10. The molecule has 1 saturated heterocycles. The zero-order chi connectivity index (χ0) is 67.9. The molecule has 1 aliphatic heterocycles. The highest BCUT2D eigenvalue weighted by Gasteiger charge is 2.38. The summed E-state index contributed by atoms with van der Waals surface area (Å²) in [5.74, 6) is -14.9. The number of rotatable bonds is 33. The second-order valence-electron chi connectivity index (χ2n) is 23.4. The summed E-state index contributed by atoms with van der Waals surface area (Å²) in [4.78, 5) is 174. The molecule has 0 bridgehead atoms. The van der Waals surface area contributed by atoms with Gasteiger partial charge in [-0.1, -0.05) is 117 Å². The van der Waals surface area contributed by atoms with Crippen molar-refractivity contribution in [2.75, 3.05) is 13.1 Å². The first-order valence-corrected chi connectivity index (χ1v) is 31.7. The number of hydrogen-bond donors (Lipinski definition) is 18. The van der Waals surface area contributed by atoms with Crippen molar-refractivity contribution in [3.8, 4) is 0 Å². The molecule has 7 unspecified atom stereocenters. The lowest BCUT2D eigenvalue weighted by Gasteiger charge is -2.29. The lowest BCUT2D eigenvalue weighted by Crippen LogP contribution is -2.63. The molecule has 0 spiro atoms. The SMILES string of the molecule is CCCCCCCCCC(O)CCC1NC(=O)C([C@@H](C)O)NC(=O)[C@H]([C@@H](C)O)NC(=O)C(CC(O)C(N)=O)NC(=O)[C@H](C)NC(=O)[C@H](CC(N)=O)NC(=O)[C@H](CC(N)=O)NC(=O)C(CCCCCCCC(O)CCCCCC)NC(=O)CCNC(=O)CNC1=O. The molecule has 0 aromatic carbocycles. The number of hydrogen-bond acceptors (Lipinski definition) is 18. The monoisotopic (exact) mass is 1280 g/mol. The molecule has 31 heteroatoms. The first kappa shape index (κ1) is 80.9. The Bertz CT molecular complexity index is 2310. The van der Waals surface area contributed by atoms with Crippen molar-refractivity contribution < 1.29 is 87.9 Å². The summed E-state index contributed by atoms with van der Waals surface area (Å²) in [7, 11) is 0. The van der Waals surface area contributed by atoms with Gasteiger partial charge in [0, 0.05) is 19.4 Å². The summed E-state index contributed by atoms with van der Waals surface area (Å²) < 4.78 is 0. The Labute approximate surface area is 526 Å². The van der Waals surface area contributed by atoms with Crippen LogP contribution >= 0.6 is 0 Å². The van der Waals surface area contributed by atoms with Gasteiger partial charge in [0.25, 0.3) is 0 Å². The highest BCUT2D eigenvalue weighted by atomic mass is 16.3. The number of amides is 13. The number of unbranched alkanes of at least 4 members (excludes halogenated alkanes) is 13. The van der Waals surface area contributed by atoms with Gasteiger partial charge in [0.2, 0.25) is 76.8 Å². The molecule has 0 aliphatic carbocycles. The van der Waals surface area contributed by atoms with E-state index in [1.807, 2.05) is 0 Å². The van der Waals surface area contributed by atoms with Gasteiger partial charge in [0.05, 0.1) is 43.8 Å². The van der Waals surface area contributed by atoms with E-state index in [-0.39, 0.29) is 25.8 Å². The van der Waals surface area contributed by atoms with Crippen LogP contribution in [0.3, 0.4) is 0 Å². The van der Waals surface area contributed by atoms with Crippen molar-refractivity contribution >= 4 is 76.8 Å². The van der Waals surface area contributed by atoms with E-state index in [1.54, 1.807) is 0 Å². The fourth-order valence-corrected chi connectivity index (χ4v) is 9.70. The molecule has 1 aliphatic rings. The summed E-state index contributed by atoms with van der Waals surface area (Å²) in [5.41, 5.74) is 16.1. The molecule has 0 aromatic rings. The highest BCUT2D eigenvalue weighted by Crippen LogP contribution is 2.17. The van der Waals surface area contributed by atoms with Crippen LogP contribution in [0.5, 0.6) is 0 Å². The lowest BCUT2D eigenvalue weighted by molar-refractivity contribution is -0.139. The maximum absolute atomic E-state index is 14.1. The predicted molar refractivity (Wildman–Crippen MR) is 327 cm³/mol. The maximum atomic E-state index is 14.1. The lowest BCUT2D eigenvalue weighted by atomic mass is 10.0. The van der Waals surface area contributed by atoms with E-state index in [0.717, 1.165) is 97.8 Å². The number of carbonyl (C=O) groups excluding carboxylic acids is 13. The van der Waals surface area contributed by atoms with Crippen LogP contribution in [0.2, 0.25) is 0 Å². The molecule has 0 radical (unpaired) electrons. The molecule has 1 fully saturated rings. The van der Waals surface area contributed by atoms with Crippen LogP contribution in [0, 0.1) is 0 Å². The summed E-state index contributed by atoms with van der Waals surface area (Å²) >= 11 is 0. The maximum Gasteiger partial charge on any atom is 0.246 e. The van der Waals surface area contributed by atoms with E-state index in [1.165, 1.54) is 0 Å². The summed E-state index contributed by atoms with van der Waals surface area (Å²) in [6.07, 6.45) is 5.08. The molecular weight excluding hydrogens is 1180 g/mol. The molecule has 31 nitrogen and oxygen atoms in total. The molecular formula is C59H105N13O18. The van der Waals surface area contributed by atoms with Crippen molar-refractivity contribution in [2.24, 2.45) is 17.2 Å². The zero-order valence-corrected chi connectivity index (χ0v) is 53.1. The van der Waals surface area contributed by atoms with E-state index in [4.69, 9.17) is 17.2 Å². The number of aliphatic hydroxyl groups excluding tert-OH is 5. The van der Waals surface area contributed by atoms with Gasteiger partial charge in [-0.2, -0.15) is 0 Å². The van der Waals surface area contributed by atoms with Gasteiger partial charge >= 0.3 is 0 Å².